The quantitative estimate of drug-likeness (QED) is 0.656. The molecule has 5 heteroatoms. The summed E-state index contributed by atoms with van der Waals surface area (Å²) in [5.74, 6) is 0.419. The number of rotatable bonds is 5. The molecule has 94 valence electrons. The van der Waals surface area contributed by atoms with Gasteiger partial charge in [-0.05, 0) is 18.8 Å². The summed E-state index contributed by atoms with van der Waals surface area (Å²) in [4.78, 5) is 0. The molecule has 0 N–H and O–H groups in total. The first-order valence-electron chi connectivity index (χ1n) is 5.94. The third kappa shape index (κ3) is 3.85. The number of hydrogen-bond acceptors (Lipinski definition) is 1. The second-order valence-corrected chi connectivity index (χ2v) is 4.54. The van der Waals surface area contributed by atoms with Crippen LogP contribution in [0.25, 0.3) is 0 Å². The Morgan fingerprint density at radius 2 is 1.94 bits per heavy atom. The Labute approximate surface area is 95.1 Å². The molecule has 1 aliphatic carbocycles. The summed E-state index contributed by atoms with van der Waals surface area (Å²) in [5, 5.41) is 0. The van der Waals surface area contributed by atoms with Gasteiger partial charge in [0, 0.05) is 6.61 Å². The monoisotopic (exact) mass is 235 g/mol. The zero-order valence-electron chi connectivity index (χ0n) is 9.72. The van der Waals surface area contributed by atoms with E-state index in [0.29, 0.717) is 5.92 Å². The highest BCUT2D eigenvalue weighted by Gasteiger charge is 2.29. The van der Waals surface area contributed by atoms with E-state index >= 15 is 0 Å². The van der Waals surface area contributed by atoms with Crippen LogP contribution in [0.3, 0.4) is 0 Å². The fraction of sp³-hybridized carbons (Fsp3) is 0.818. The van der Waals surface area contributed by atoms with Gasteiger partial charge in [-0.3, -0.25) is 0 Å². The van der Waals surface area contributed by atoms with Crippen LogP contribution in [-0.4, -0.2) is 19.7 Å². The highest BCUT2D eigenvalue weighted by Crippen LogP contribution is 2.30. The van der Waals surface area contributed by atoms with E-state index in [1.54, 1.807) is 0 Å². The van der Waals surface area contributed by atoms with Gasteiger partial charge in [-0.1, -0.05) is 26.2 Å². The van der Waals surface area contributed by atoms with Gasteiger partial charge in [-0.2, -0.15) is 0 Å². The van der Waals surface area contributed by atoms with Crippen LogP contribution in [0.1, 0.15) is 39.0 Å². The summed E-state index contributed by atoms with van der Waals surface area (Å²) in [6.07, 6.45) is 5.16. The van der Waals surface area contributed by atoms with Gasteiger partial charge in [0.1, 0.15) is 0 Å². The van der Waals surface area contributed by atoms with Crippen LogP contribution in [0.4, 0.5) is 12.9 Å². The van der Waals surface area contributed by atoms with Gasteiger partial charge in [-0.25, -0.2) is 0 Å². The predicted octanol–water partition coefficient (Wildman–Crippen LogP) is 3.91. The minimum atomic E-state index is -4.94. The SMILES string of the molecule is C=C(COC1CCCCC1CC)[B-](F)(F)F. The lowest BCUT2D eigenvalue weighted by atomic mass is 9.80. The molecule has 16 heavy (non-hydrogen) atoms. The van der Waals surface area contributed by atoms with Crippen LogP contribution in [0.5, 0.6) is 0 Å². The molecule has 0 spiro atoms. The molecule has 0 radical (unpaired) electrons. The Balaban J connectivity index is 2.38. The maximum Gasteiger partial charge on any atom is 0.507 e. The molecule has 0 aromatic carbocycles. The van der Waals surface area contributed by atoms with Crippen molar-refractivity contribution in [3.63, 3.8) is 0 Å². The van der Waals surface area contributed by atoms with E-state index in [1.807, 2.05) is 0 Å². The fourth-order valence-electron chi connectivity index (χ4n) is 2.17. The molecule has 2 atom stereocenters. The Morgan fingerprint density at radius 1 is 1.31 bits per heavy atom. The van der Waals surface area contributed by atoms with Gasteiger partial charge < -0.3 is 17.7 Å². The smallest absolute Gasteiger partial charge is 0.445 e. The van der Waals surface area contributed by atoms with Crippen LogP contribution in [0.15, 0.2) is 12.1 Å². The van der Waals surface area contributed by atoms with Crippen LogP contribution < -0.4 is 0 Å². The van der Waals surface area contributed by atoms with Gasteiger partial charge in [0.15, 0.2) is 0 Å². The first-order chi connectivity index (χ1) is 7.45. The zero-order chi connectivity index (χ0) is 12.2. The average molecular weight is 235 g/mol. The van der Waals surface area contributed by atoms with Gasteiger partial charge in [0.05, 0.1) is 6.10 Å². The highest BCUT2D eigenvalue weighted by atomic mass is 19.4. The second kappa shape index (κ2) is 5.76. The first-order valence-corrected chi connectivity index (χ1v) is 5.94. The molecule has 1 rings (SSSR count). The van der Waals surface area contributed by atoms with E-state index in [1.165, 1.54) is 6.42 Å². The van der Waals surface area contributed by atoms with Gasteiger partial charge >= 0.3 is 6.98 Å². The summed E-state index contributed by atoms with van der Waals surface area (Å²) in [5.41, 5.74) is -0.722. The van der Waals surface area contributed by atoms with Crippen molar-refractivity contribution in [1.29, 1.82) is 0 Å². The molecule has 0 amide bonds. The third-order valence-corrected chi connectivity index (χ3v) is 3.31. The fourth-order valence-corrected chi connectivity index (χ4v) is 2.17. The molecule has 0 aromatic rings. The Bertz CT molecular complexity index is 240. The van der Waals surface area contributed by atoms with Crippen LogP contribution in [0.2, 0.25) is 0 Å². The molecule has 2 unspecified atom stereocenters. The number of hydrogen-bond donors (Lipinski definition) is 0. The highest BCUT2D eigenvalue weighted by molar-refractivity contribution is 6.66. The molecule has 1 nitrogen and oxygen atoms in total. The molecule has 1 fully saturated rings. The van der Waals surface area contributed by atoms with E-state index < -0.39 is 12.4 Å². The van der Waals surface area contributed by atoms with Crippen LogP contribution in [-0.2, 0) is 4.74 Å². The average Bonchev–Trinajstić information content (AvgIpc) is 2.24. The normalized spacial score (nSPS) is 26.8. The van der Waals surface area contributed by atoms with Gasteiger partial charge in [0.25, 0.3) is 0 Å². The zero-order valence-corrected chi connectivity index (χ0v) is 9.72. The first kappa shape index (κ1) is 13.6. The lowest BCUT2D eigenvalue weighted by Gasteiger charge is -2.32. The topological polar surface area (TPSA) is 9.23 Å². The van der Waals surface area contributed by atoms with Crippen molar-refractivity contribution in [2.75, 3.05) is 6.61 Å². The molecule has 0 saturated heterocycles. The van der Waals surface area contributed by atoms with Crippen LogP contribution >= 0.6 is 0 Å². The van der Waals surface area contributed by atoms with E-state index in [0.717, 1.165) is 25.7 Å². The summed E-state index contributed by atoms with van der Waals surface area (Å²) in [6, 6.07) is 0. The summed E-state index contributed by atoms with van der Waals surface area (Å²) < 4.78 is 42.2. The van der Waals surface area contributed by atoms with E-state index in [4.69, 9.17) is 4.74 Å². The standard InChI is InChI=1S/C11H19BF3O/c1-3-10-6-4-5-7-11(10)16-8-9(2)12(13,14)15/h10-11H,2-8H2,1H3/q-1. The van der Waals surface area contributed by atoms with Crippen molar-refractivity contribution in [3.8, 4) is 0 Å². The summed E-state index contributed by atoms with van der Waals surface area (Å²) in [7, 11) is 0. The van der Waals surface area contributed by atoms with Crippen molar-refractivity contribution in [2.24, 2.45) is 5.92 Å². The number of halogens is 3. The predicted molar refractivity (Wildman–Crippen MR) is 60.2 cm³/mol. The lowest BCUT2D eigenvalue weighted by Crippen LogP contribution is -2.30. The van der Waals surface area contributed by atoms with Crippen LogP contribution in [0, 0.1) is 5.92 Å². The largest absolute Gasteiger partial charge is 0.507 e. The van der Waals surface area contributed by atoms with Gasteiger partial charge in [-0.15, -0.1) is 12.1 Å². The van der Waals surface area contributed by atoms with E-state index in [9.17, 15) is 12.9 Å². The maximum atomic E-state index is 12.3. The molecular formula is C11H19BF3O-. The Hall–Kier alpha value is -0.445. The third-order valence-electron chi connectivity index (χ3n) is 3.31. The van der Waals surface area contributed by atoms with Crippen molar-refractivity contribution in [2.45, 2.75) is 45.1 Å². The van der Waals surface area contributed by atoms with Crippen molar-refractivity contribution in [1.82, 2.24) is 0 Å². The molecule has 1 aliphatic rings. The molecule has 0 heterocycles. The minimum Gasteiger partial charge on any atom is -0.445 e. The molecule has 1 saturated carbocycles. The number of ether oxygens (including phenoxy) is 1. The second-order valence-electron chi connectivity index (χ2n) is 4.54. The summed E-state index contributed by atoms with van der Waals surface area (Å²) in [6.45, 7) is -0.194. The minimum absolute atomic E-state index is 0.00588. The Kier molecular flexibility index (Phi) is 4.90. The van der Waals surface area contributed by atoms with Gasteiger partial charge in [0.2, 0.25) is 0 Å². The lowest BCUT2D eigenvalue weighted by molar-refractivity contribution is 0.000284. The van der Waals surface area contributed by atoms with E-state index in [-0.39, 0.29) is 12.7 Å². The maximum absolute atomic E-state index is 12.3. The van der Waals surface area contributed by atoms with Crippen molar-refractivity contribution < 1.29 is 17.7 Å². The molecular weight excluding hydrogens is 216 g/mol. The summed E-state index contributed by atoms with van der Waals surface area (Å²) >= 11 is 0. The van der Waals surface area contributed by atoms with Crippen molar-refractivity contribution >= 4 is 6.98 Å². The van der Waals surface area contributed by atoms with Crippen molar-refractivity contribution in [3.05, 3.63) is 12.1 Å². The molecule has 0 aliphatic heterocycles. The molecule has 0 aromatic heterocycles. The molecule has 0 bridgehead atoms. The van der Waals surface area contributed by atoms with E-state index in [2.05, 4.69) is 13.5 Å². The Morgan fingerprint density at radius 3 is 2.50 bits per heavy atom.